The Morgan fingerprint density at radius 2 is 2.00 bits per heavy atom. The molecule has 6 heteroatoms. The molecule has 0 heterocycles. The van der Waals surface area contributed by atoms with Crippen LogP contribution in [0.4, 0.5) is 13.2 Å². The molecule has 2 nitrogen and oxygen atoms in total. The largest absolute Gasteiger partial charge is 0.465 e. The van der Waals surface area contributed by atoms with E-state index in [2.05, 4.69) is 11.3 Å². The number of hydrogen-bond donors (Lipinski definition) is 0. The lowest BCUT2D eigenvalue weighted by Gasteiger charge is -2.05. The first kappa shape index (κ1) is 10.3. The maximum atomic E-state index is 11.5. The first-order valence-corrected chi connectivity index (χ1v) is 3.21. The Labute approximate surface area is 65.4 Å². The number of thioether (sulfide) groups is 1. The molecule has 0 aromatic heterocycles. The maximum absolute atomic E-state index is 11.5. The Hall–Kier alpha value is -0.650. The highest BCUT2D eigenvalue weighted by Gasteiger charge is 2.32. The standard InChI is InChI=1S/C5H5F3O2S/c1-3(4(9)10-2)11-5(6,7)8/h1H2,2H3. The Kier molecular flexibility index (Phi) is 3.44. The molecule has 0 aliphatic rings. The van der Waals surface area contributed by atoms with E-state index in [-0.39, 0.29) is 0 Å². The van der Waals surface area contributed by atoms with E-state index in [1.165, 1.54) is 0 Å². The second-order valence-corrected chi connectivity index (χ2v) is 2.62. The van der Waals surface area contributed by atoms with Crippen LogP contribution in [0.25, 0.3) is 0 Å². The van der Waals surface area contributed by atoms with Crippen molar-refractivity contribution in [2.75, 3.05) is 7.11 Å². The molecule has 0 rings (SSSR count). The quantitative estimate of drug-likeness (QED) is 0.487. The van der Waals surface area contributed by atoms with E-state index in [1.54, 1.807) is 0 Å². The zero-order valence-corrected chi connectivity index (χ0v) is 6.38. The smallest absolute Gasteiger partial charge is 0.446 e. The summed E-state index contributed by atoms with van der Waals surface area (Å²) in [6, 6.07) is 0. The summed E-state index contributed by atoms with van der Waals surface area (Å²) in [6.45, 7) is 2.88. The van der Waals surface area contributed by atoms with Crippen LogP contribution in [-0.2, 0) is 9.53 Å². The average molecular weight is 186 g/mol. The van der Waals surface area contributed by atoms with E-state index in [0.717, 1.165) is 7.11 Å². The molecule has 0 saturated heterocycles. The highest BCUT2D eigenvalue weighted by atomic mass is 32.2. The SMILES string of the molecule is C=C(SC(F)(F)F)C(=O)OC. The molecule has 0 aliphatic heterocycles. The van der Waals surface area contributed by atoms with Crippen molar-refractivity contribution in [3.8, 4) is 0 Å². The number of rotatable bonds is 2. The number of halogens is 3. The van der Waals surface area contributed by atoms with Crippen LogP contribution < -0.4 is 0 Å². The van der Waals surface area contributed by atoms with Gasteiger partial charge in [-0.25, -0.2) is 4.79 Å². The van der Waals surface area contributed by atoms with Crippen LogP contribution in [-0.4, -0.2) is 18.6 Å². The molecule has 0 amide bonds. The van der Waals surface area contributed by atoms with Gasteiger partial charge in [-0.2, -0.15) is 13.2 Å². The zero-order chi connectivity index (χ0) is 9.07. The van der Waals surface area contributed by atoms with Crippen LogP contribution in [0.2, 0.25) is 0 Å². The van der Waals surface area contributed by atoms with Gasteiger partial charge in [0.1, 0.15) is 0 Å². The number of carbonyl (C=O) groups excluding carboxylic acids is 1. The van der Waals surface area contributed by atoms with E-state index in [9.17, 15) is 18.0 Å². The Morgan fingerprint density at radius 1 is 1.55 bits per heavy atom. The predicted molar refractivity (Wildman–Crippen MR) is 34.8 cm³/mol. The molecule has 0 unspecified atom stereocenters. The van der Waals surface area contributed by atoms with Gasteiger partial charge in [-0.3, -0.25) is 0 Å². The van der Waals surface area contributed by atoms with Gasteiger partial charge < -0.3 is 4.74 Å². The number of alkyl halides is 3. The summed E-state index contributed by atoms with van der Waals surface area (Å²) in [5.74, 6) is -1.06. The molecule has 0 saturated carbocycles. The Balaban J connectivity index is 3.99. The lowest BCUT2D eigenvalue weighted by atomic mass is 10.6. The monoisotopic (exact) mass is 186 g/mol. The minimum Gasteiger partial charge on any atom is -0.465 e. The molecule has 64 valence electrons. The fourth-order valence-electron chi connectivity index (χ4n) is 0.295. The van der Waals surface area contributed by atoms with Gasteiger partial charge in [0.05, 0.1) is 12.0 Å². The third-order valence-corrected chi connectivity index (χ3v) is 1.30. The molecule has 0 aromatic carbocycles. The summed E-state index contributed by atoms with van der Waals surface area (Å²) in [5.41, 5.74) is -4.48. The van der Waals surface area contributed by atoms with Gasteiger partial charge in [-0.1, -0.05) is 6.58 Å². The van der Waals surface area contributed by atoms with Crippen LogP contribution in [0, 0.1) is 0 Å². The summed E-state index contributed by atoms with van der Waals surface area (Å²) in [7, 11) is 0.991. The molecule has 0 aromatic rings. The third kappa shape index (κ3) is 4.72. The van der Waals surface area contributed by atoms with Crippen molar-refractivity contribution >= 4 is 17.7 Å². The predicted octanol–water partition coefficient (Wildman–Crippen LogP) is 1.93. The molecular weight excluding hydrogens is 181 g/mol. The van der Waals surface area contributed by atoms with Gasteiger partial charge in [0, 0.05) is 0 Å². The second-order valence-electron chi connectivity index (χ2n) is 1.46. The molecule has 0 spiro atoms. The minimum atomic E-state index is -4.48. The normalized spacial score (nSPS) is 10.9. The first-order valence-electron chi connectivity index (χ1n) is 2.40. The van der Waals surface area contributed by atoms with Crippen LogP contribution in [0.3, 0.4) is 0 Å². The number of methoxy groups -OCH3 is 1. The first-order chi connectivity index (χ1) is 4.87. The molecular formula is C5H5F3O2S. The van der Waals surface area contributed by atoms with Gasteiger partial charge in [0.2, 0.25) is 0 Å². The molecule has 0 bridgehead atoms. The molecule has 0 radical (unpaired) electrons. The van der Waals surface area contributed by atoms with E-state index in [1.807, 2.05) is 0 Å². The second kappa shape index (κ2) is 3.66. The fraction of sp³-hybridized carbons (Fsp3) is 0.400. The number of ether oxygens (including phenoxy) is 1. The summed E-state index contributed by atoms with van der Waals surface area (Å²) in [5, 5.41) is 0. The van der Waals surface area contributed by atoms with Crippen molar-refractivity contribution in [3.63, 3.8) is 0 Å². The minimum absolute atomic E-state index is 0.580. The molecule has 0 fully saturated rings. The number of esters is 1. The highest BCUT2D eigenvalue weighted by molar-refractivity contribution is 8.04. The van der Waals surface area contributed by atoms with Gasteiger partial charge >= 0.3 is 11.5 Å². The Morgan fingerprint density at radius 3 is 2.27 bits per heavy atom. The van der Waals surface area contributed by atoms with E-state index in [4.69, 9.17) is 0 Å². The molecule has 0 aliphatic carbocycles. The summed E-state index contributed by atoms with van der Waals surface area (Å²) in [4.78, 5) is 9.68. The summed E-state index contributed by atoms with van der Waals surface area (Å²) in [6.07, 6.45) is 0. The fourth-order valence-corrected chi connectivity index (χ4v) is 0.741. The van der Waals surface area contributed by atoms with E-state index in [0.29, 0.717) is 0 Å². The van der Waals surface area contributed by atoms with Crippen molar-refractivity contribution in [3.05, 3.63) is 11.5 Å². The molecule has 0 atom stereocenters. The third-order valence-electron chi connectivity index (χ3n) is 0.652. The lowest BCUT2D eigenvalue weighted by Crippen LogP contribution is -2.07. The van der Waals surface area contributed by atoms with Crippen LogP contribution in [0.5, 0.6) is 0 Å². The summed E-state index contributed by atoms with van der Waals surface area (Å²) < 4.78 is 38.5. The maximum Gasteiger partial charge on any atom is 0.446 e. The zero-order valence-electron chi connectivity index (χ0n) is 5.57. The van der Waals surface area contributed by atoms with Crippen molar-refractivity contribution < 1.29 is 22.7 Å². The van der Waals surface area contributed by atoms with E-state index >= 15 is 0 Å². The van der Waals surface area contributed by atoms with Gasteiger partial charge in [-0.05, 0) is 11.8 Å². The number of carbonyl (C=O) groups is 1. The van der Waals surface area contributed by atoms with Crippen LogP contribution in [0.15, 0.2) is 11.5 Å². The average Bonchev–Trinajstić information content (AvgIpc) is 1.82. The Bertz CT molecular complexity index is 175. The molecule has 11 heavy (non-hydrogen) atoms. The topological polar surface area (TPSA) is 26.3 Å². The van der Waals surface area contributed by atoms with Gasteiger partial charge in [0.25, 0.3) is 0 Å². The highest BCUT2D eigenvalue weighted by Crippen LogP contribution is 2.35. The van der Waals surface area contributed by atoms with E-state index < -0.39 is 28.1 Å². The van der Waals surface area contributed by atoms with Crippen LogP contribution in [0.1, 0.15) is 0 Å². The van der Waals surface area contributed by atoms with Gasteiger partial charge in [0.15, 0.2) is 0 Å². The molecule has 0 N–H and O–H groups in total. The van der Waals surface area contributed by atoms with Crippen LogP contribution >= 0.6 is 11.8 Å². The van der Waals surface area contributed by atoms with Crippen molar-refractivity contribution in [1.82, 2.24) is 0 Å². The summed E-state index contributed by atoms with van der Waals surface area (Å²) >= 11 is -0.580. The van der Waals surface area contributed by atoms with Crippen molar-refractivity contribution in [2.45, 2.75) is 5.51 Å². The van der Waals surface area contributed by atoms with Crippen molar-refractivity contribution in [1.29, 1.82) is 0 Å². The number of hydrogen-bond acceptors (Lipinski definition) is 3. The lowest BCUT2D eigenvalue weighted by molar-refractivity contribution is -0.135. The van der Waals surface area contributed by atoms with Crippen molar-refractivity contribution in [2.24, 2.45) is 0 Å². The van der Waals surface area contributed by atoms with Gasteiger partial charge in [-0.15, -0.1) is 0 Å².